The Bertz CT molecular complexity index is 1090. The standard InChI is InChI=1S/C22H18N2O2S/c1-26-19-10-6-15(7-11-19)12-21(25)24-22-23-20(14-27-22)18-9-8-16-4-2-3-5-17(16)13-18/h2-11,13-14H,12H2,1H3,(H,23,24,25). The molecule has 1 amide bonds. The first-order valence-corrected chi connectivity index (χ1v) is 9.47. The molecule has 4 aromatic rings. The number of nitrogens with one attached hydrogen (secondary N) is 1. The molecule has 27 heavy (non-hydrogen) atoms. The third kappa shape index (κ3) is 3.99. The SMILES string of the molecule is COc1ccc(CC(=O)Nc2nc(-c3ccc4ccccc4c3)cs2)cc1. The summed E-state index contributed by atoms with van der Waals surface area (Å²) in [7, 11) is 1.62. The lowest BCUT2D eigenvalue weighted by molar-refractivity contribution is -0.115. The Labute approximate surface area is 161 Å². The number of carbonyl (C=O) groups is 1. The molecule has 0 radical (unpaired) electrons. The van der Waals surface area contributed by atoms with Gasteiger partial charge in [0.1, 0.15) is 5.75 Å². The highest BCUT2D eigenvalue weighted by Gasteiger charge is 2.09. The molecule has 3 aromatic carbocycles. The first-order valence-electron chi connectivity index (χ1n) is 8.59. The van der Waals surface area contributed by atoms with Crippen LogP contribution in [0.15, 0.2) is 72.1 Å². The molecule has 1 N–H and O–H groups in total. The third-order valence-corrected chi connectivity index (χ3v) is 5.08. The molecule has 134 valence electrons. The molecule has 5 heteroatoms. The number of anilines is 1. The van der Waals surface area contributed by atoms with Crippen LogP contribution in [0.25, 0.3) is 22.0 Å². The number of amides is 1. The number of hydrogen-bond donors (Lipinski definition) is 1. The van der Waals surface area contributed by atoms with E-state index in [1.807, 2.05) is 41.8 Å². The van der Waals surface area contributed by atoms with E-state index in [1.165, 1.54) is 22.1 Å². The van der Waals surface area contributed by atoms with Crippen molar-refractivity contribution in [3.8, 4) is 17.0 Å². The Kier molecular flexibility index (Phi) is 4.85. The molecule has 0 saturated carbocycles. The van der Waals surface area contributed by atoms with Gasteiger partial charge in [-0.1, -0.05) is 48.5 Å². The summed E-state index contributed by atoms with van der Waals surface area (Å²) >= 11 is 1.43. The number of fused-ring (bicyclic) bond motifs is 1. The fourth-order valence-corrected chi connectivity index (χ4v) is 3.64. The van der Waals surface area contributed by atoms with E-state index in [0.717, 1.165) is 22.6 Å². The van der Waals surface area contributed by atoms with Crippen molar-refractivity contribution in [2.45, 2.75) is 6.42 Å². The normalized spacial score (nSPS) is 10.7. The van der Waals surface area contributed by atoms with Crippen LogP contribution in [-0.2, 0) is 11.2 Å². The molecule has 0 atom stereocenters. The van der Waals surface area contributed by atoms with Gasteiger partial charge in [-0.25, -0.2) is 4.98 Å². The number of carbonyl (C=O) groups excluding carboxylic acids is 1. The van der Waals surface area contributed by atoms with Gasteiger partial charge in [-0.2, -0.15) is 0 Å². The smallest absolute Gasteiger partial charge is 0.230 e. The predicted octanol–water partition coefficient (Wildman–Crippen LogP) is 5.15. The fourth-order valence-electron chi connectivity index (χ4n) is 2.90. The summed E-state index contributed by atoms with van der Waals surface area (Å²) in [5.41, 5.74) is 2.84. The highest BCUT2D eigenvalue weighted by molar-refractivity contribution is 7.14. The van der Waals surface area contributed by atoms with Gasteiger partial charge in [-0.3, -0.25) is 4.79 Å². The number of ether oxygens (including phenoxy) is 1. The number of benzene rings is 3. The van der Waals surface area contributed by atoms with E-state index in [9.17, 15) is 4.79 Å². The lowest BCUT2D eigenvalue weighted by atomic mass is 10.1. The van der Waals surface area contributed by atoms with Crippen molar-refractivity contribution in [1.29, 1.82) is 0 Å². The number of aromatic nitrogens is 1. The Balaban J connectivity index is 1.45. The van der Waals surface area contributed by atoms with E-state index in [-0.39, 0.29) is 5.91 Å². The number of rotatable bonds is 5. The lowest BCUT2D eigenvalue weighted by Gasteiger charge is -2.04. The molecule has 0 aliphatic heterocycles. The van der Waals surface area contributed by atoms with Gasteiger partial charge in [0, 0.05) is 10.9 Å². The van der Waals surface area contributed by atoms with Crippen LogP contribution in [0.1, 0.15) is 5.56 Å². The average molecular weight is 374 g/mol. The topological polar surface area (TPSA) is 51.2 Å². The number of hydrogen-bond acceptors (Lipinski definition) is 4. The molecule has 1 aromatic heterocycles. The van der Waals surface area contributed by atoms with Crippen molar-refractivity contribution in [2.75, 3.05) is 12.4 Å². The largest absolute Gasteiger partial charge is 0.497 e. The van der Waals surface area contributed by atoms with Gasteiger partial charge in [-0.05, 0) is 34.5 Å². The lowest BCUT2D eigenvalue weighted by Crippen LogP contribution is -2.14. The van der Waals surface area contributed by atoms with Crippen molar-refractivity contribution in [3.05, 3.63) is 77.7 Å². The van der Waals surface area contributed by atoms with E-state index in [1.54, 1.807) is 7.11 Å². The minimum absolute atomic E-state index is 0.0837. The molecule has 0 fully saturated rings. The molecule has 4 nitrogen and oxygen atoms in total. The molecule has 0 bridgehead atoms. The van der Waals surface area contributed by atoms with Gasteiger partial charge in [0.2, 0.25) is 5.91 Å². The molecule has 4 rings (SSSR count). The Morgan fingerprint density at radius 3 is 2.59 bits per heavy atom. The van der Waals surface area contributed by atoms with Crippen molar-refractivity contribution in [2.24, 2.45) is 0 Å². The van der Waals surface area contributed by atoms with Crippen LogP contribution in [0, 0.1) is 0 Å². The minimum atomic E-state index is -0.0837. The van der Waals surface area contributed by atoms with Crippen molar-refractivity contribution in [3.63, 3.8) is 0 Å². The van der Waals surface area contributed by atoms with Crippen LogP contribution in [0.2, 0.25) is 0 Å². The molecule has 0 saturated heterocycles. The zero-order valence-corrected chi connectivity index (χ0v) is 15.6. The van der Waals surface area contributed by atoms with Crippen molar-refractivity contribution < 1.29 is 9.53 Å². The van der Waals surface area contributed by atoms with Gasteiger partial charge in [-0.15, -0.1) is 11.3 Å². The van der Waals surface area contributed by atoms with Crippen LogP contribution in [0.5, 0.6) is 5.75 Å². The summed E-state index contributed by atoms with van der Waals surface area (Å²) in [6, 6.07) is 22.0. The maximum atomic E-state index is 12.3. The zero-order chi connectivity index (χ0) is 18.6. The maximum absolute atomic E-state index is 12.3. The van der Waals surface area contributed by atoms with Crippen molar-refractivity contribution >= 4 is 33.1 Å². The molecule has 0 aliphatic rings. The van der Waals surface area contributed by atoms with Crippen LogP contribution in [0.4, 0.5) is 5.13 Å². The highest BCUT2D eigenvalue weighted by Crippen LogP contribution is 2.27. The zero-order valence-electron chi connectivity index (χ0n) is 14.8. The maximum Gasteiger partial charge on any atom is 0.230 e. The van der Waals surface area contributed by atoms with Gasteiger partial charge in [0.25, 0.3) is 0 Å². The summed E-state index contributed by atoms with van der Waals surface area (Å²) < 4.78 is 5.13. The third-order valence-electron chi connectivity index (χ3n) is 4.32. The molecular weight excluding hydrogens is 356 g/mol. The average Bonchev–Trinajstić information content (AvgIpc) is 3.16. The molecule has 1 heterocycles. The van der Waals surface area contributed by atoms with E-state index in [0.29, 0.717) is 11.6 Å². The van der Waals surface area contributed by atoms with Crippen molar-refractivity contribution in [1.82, 2.24) is 4.98 Å². The first-order chi connectivity index (χ1) is 13.2. The summed E-state index contributed by atoms with van der Waals surface area (Å²) in [6.07, 6.45) is 0.300. The quantitative estimate of drug-likeness (QED) is 0.525. The number of methoxy groups -OCH3 is 1. The van der Waals surface area contributed by atoms with E-state index >= 15 is 0 Å². The van der Waals surface area contributed by atoms with Crippen LogP contribution >= 0.6 is 11.3 Å². The Morgan fingerprint density at radius 2 is 1.81 bits per heavy atom. The van der Waals surface area contributed by atoms with Crippen LogP contribution in [0.3, 0.4) is 0 Å². The van der Waals surface area contributed by atoms with Gasteiger partial charge in [0.15, 0.2) is 5.13 Å². The van der Waals surface area contributed by atoms with Gasteiger partial charge in [0.05, 0.1) is 19.2 Å². The van der Waals surface area contributed by atoms with Gasteiger partial charge < -0.3 is 10.1 Å². The minimum Gasteiger partial charge on any atom is -0.497 e. The molecular formula is C22H18N2O2S. The van der Waals surface area contributed by atoms with Crippen LogP contribution in [-0.4, -0.2) is 18.0 Å². The monoisotopic (exact) mass is 374 g/mol. The second-order valence-electron chi connectivity index (χ2n) is 6.17. The van der Waals surface area contributed by atoms with Gasteiger partial charge >= 0.3 is 0 Å². The van der Waals surface area contributed by atoms with E-state index in [2.05, 4.69) is 40.6 Å². The molecule has 0 aliphatic carbocycles. The molecule has 0 unspecified atom stereocenters. The Morgan fingerprint density at radius 1 is 1.04 bits per heavy atom. The Hall–Kier alpha value is -3.18. The summed E-state index contributed by atoms with van der Waals surface area (Å²) in [5.74, 6) is 0.693. The fraction of sp³-hybridized carbons (Fsp3) is 0.0909. The van der Waals surface area contributed by atoms with E-state index in [4.69, 9.17) is 4.74 Å². The highest BCUT2D eigenvalue weighted by atomic mass is 32.1. The number of nitrogens with zero attached hydrogens (tertiary/aromatic N) is 1. The van der Waals surface area contributed by atoms with E-state index < -0.39 is 0 Å². The first kappa shape index (κ1) is 17.2. The summed E-state index contributed by atoms with van der Waals surface area (Å²) in [6.45, 7) is 0. The number of thiazole rings is 1. The predicted molar refractivity (Wildman–Crippen MR) is 110 cm³/mol. The van der Waals surface area contributed by atoms with Crippen LogP contribution < -0.4 is 10.1 Å². The second-order valence-corrected chi connectivity index (χ2v) is 7.03. The summed E-state index contributed by atoms with van der Waals surface area (Å²) in [5, 5.41) is 7.83. The molecule has 0 spiro atoms. The second kappa shape index (κ2) is 7.60. The summed E-state index contributed by atoms with van der Waals surface area (Å²) in [4.78, 5) is 16.8.